The number of aliphatic hydroxyl groups is 1. The molecule has 0 bridgehead atoms. The lowest BCUT2D eigenvalue weighted by molar-refractivity contribution is 0.161. The molecule has 1 saturated carbocycles. The molecule has 0 spiro atoms. The van der Waals surface area contributed by atoms with Crippen LogP contribution in [0.1, 0.15) is 44.3 Å². The van der Waals surface area contributed by atoms with Gasteiger partial charge < -0.3 is 14.9 Å². The normalized spacial score (nSPS) is 19.1. The summed E-state index contributed by atoms with van der Waals surface area (Å²) in [7, 11) is 0. The second-order valence-electron chi connectivity index (χ2n) is 4.46. The van der Waals surface area contributed by atoms with Gasteiger partial charge in [-0.15, -0.1) is 0 Å². The Labute approximate surface area is 95.2 Å². The molecule has 1 aromatic heterocycles. The number of hydrogen-bond acceptors (Lipinski definition) is 5. The molecule has 0 atom stereocenters. The van der Waals surface area contributed by atoms with E-state index in [1.165, 1.54) is 12.8 Å². The molecule has 1 fully saturated rings. The third-order valence-corrected chi connectivity index (χ3v) is 3.30. The molecule has 1 aromatic rings. The largest absolute Gasteiger partial charge is 0.394 e. The average Bonchev–Trinajstić information content (AvgIpc) is 2.96. The lowest BCUT2D eigenvalue weighted by Crippen LogP contribution is -2.45. The van der Waals surface area contributed by atoms with E-state index < -0.39 is 0 Å². The Morgan fingerprint density at radius 3 is 2.75 bits per heavy atom. The SMILES string of the molecule is CCc1nc(CNC2(CO)CCCC2)no1. The van der Waals surface area contributed by atoms with Crippen molar-refractivity contribution in [1.29, 1.82) is 0 Å². The first-order valence-corrected chi connectivity index (χ1v) is 5.95. The van der Waals surface area contributed by atoms with E-state index in [0.717, 1.165) is 19.3 Å². The summed E-state index contributed by atoms with van der Waals surface area (Å²) >= 11 is 0. The minimum absolute atomic E-state index is 0.118. The van der Waals surface area contributed by atoms with Gasteiger partial charge in [-0.05, 0) is 12.8 Å². The number of hydrogen-bond donors (Lipinski definition) is 2. The Hall–Kier alpha value is -0.940. The van der Waals surface area contributed by atoms with Crippen molar-refractivity contribution in [2.24, 2.45) is 0 Å². The highest BCUT2D eigenvalue weighted by atomic mass is 16.5. The van der Waals surface area contributed by atoms with E-state index in [1.54, 1.807) is 0 Å². The predicted octanol–water partition coefficient (Wildman–Crippen LogP) is 1.03. The summed E-state index contributed by atoms with van der Waals surface area (Å²) in [5.74, 6) is 1.35. The Morgan fingerprint density at radius 1 is 1.44 bits per heavy atom. The van der Waals surface area contributed by atoms with Crippen molar-refractivity contribution in [2.45, 2.75) is 51.1 Å². The maximum absolute atomic E-state index is 9.42. The van der Waals surface area contributed by atoms with Crippen LogP contribution in [0.3, 0.4) is 0 Å². The third-order valence-electron chi connectivity index (χ3n) is 3.30. The van der Waals surface area contributed by atoms with Crippen molar-refractivity contribution in [3.63, 3.8) is 0 Å². The number of aromatic nitrogens is 2. The van der Waals surface area contributed by atoms with Crippen LogP contribution in [0.2, 0.25) is 0 Å². The molecular formula is C11H19N3O2. The fourth-order valence-corrected chi connectivity index (χ4v) is 2.21. The van der Waals surface area contributed by atoms with Crippen molar-refractivity contribution >= 4 is 0 Å². The molecule has 2 N–H and O–H groups in total. The molecule has 0 radical (unpaired) electrons. The first-order chi connectivity index (χ1) is 7.78. The van der Waals surface area contributed by atoms with Crippen LogP contribution in [-0.4, -0.2) is 27.4 Å². The van der Waals surface area contributed by atoms with Crippen molar-refractivity contribution in [2.75, 3.05) is 6.61 Å². The molecule has 1 aliphatic rings. The first-order valence-electron chi connectivity index (χ1n) is 5.95. The van der Waals surface area contributed by atoms with Gasteiger partial charge in [-0.25, -0.2) is 0 Å². The van der Waals surface area contributed by atoms with Gasteiger partial charge in [0, 0.05) is 12.0 Å². The zero-order valence-corrected chi connectivity index (χ0v) is 9.70. The zero-order chi connectivity index (χ0) is 11.4. The van der Waals surface area contributed by atoms with Crippen LogP contribution < -0.4 is 5.32 Å². The minimum Gasteiger partial charge on any atom is -0.394 e. The zero-order valence-electron chi connectivity index (χ0n) is 9.70. The van der Waals surface area contributed by atoms with Gasteiger partial charge in [0.15, 0.2) is 5.82 Å². The molecule has 90 valence electrons. The summed E-state index contributed by atoms with van der Waals surface area (Å²) in [4.78, 5) is 4.23. The summed E-state index contributed by atoms with van der Waals surface area (Å²) in [6, 6.07) is 0. The lowest BCUT2D eigenvalue weighted by atomic mass is 9.99. The fraction of sp³-hybridized carbons (Fsp3) is 0.818. The van der Waals surface area contributed by atoms with E-state index in [1.807, 2.05) is 6.92 Å². The highest BCUT2D eigenvalue weighted by Gasteiger charge is 2.32. The van der Waals surface area contributed by atoms with Crippen LogP contribution in [0.25, 0.3) is 0 Å². The number of rotatable bonds is 5. The molecule has 16 heavy (non-hydrogen) atoms. The number of nitrogens with zero attached hydrogens (tertiary/aromatic N) is 2. The van der Waals surface area contributed by atoms with Crippen LogP contribution in [-0.2, 0) is 13.0 Å². The predicted molar refractivity (Wildman–Crippen MR) is 58.8 cm³/mol. The van der Waals surface area contributed by atoms with Crippen molar-refractivity contribution in [3.05, 3.63) is 11.7 Å². The van der Waals surface area contributed by atoms with Gasteiger partial charge >= 0.3 is 0 Å². The molecule has 0 unspecified atom stereocenters. The molecule has 0 aromatic carbocycles. The van der Waals surface area contributed by atoms with Crippen LogP contribution >= 0.6 is 0 Å². The molecular weight excluding hydrogens is 206 g/mol. The van der Waals surface area contributed by atoms with Gasteiger partial charge in [0.1, 0.15) is 0 Å². The third kappa shape index (κ3) is 2.41. The average molecular weight is 225 g/mol. The van der Waals surface area contributed by atoms with Gasteiger partial charge in [-0.2, -0.15) is 4.98 Å². The molecule has 0 aliphatic heterocycles. The van der Waals surface area contributed by atoms with E-state index >= 15 is 0 Å². The summed E-state index contributed by atoms with van der Waals surface area (Å²) in [5.41, 5.74) is -0.118. The summed E-state index contributed by atoms with van der Waals surface area (Å²) in [6.45, 7) is 2.74. The Morgan fingerprint density at radius 2 is 2.19 bits per heavy atom. The topological polar surface area (TPSA) is 71.2 Å². The first kappa shape index (κ1) is 11.5. The van der Waals surface area contributed by atoms with Gasteiger partial charge in [0.25, 0.3) is 0 Å². The molecule has 5 heteroatoms. The smallest absolute Gasteiger partial charge is 0.226 e. The number of aryl methyl sites for hydroxylation is 1. The lowest BCUT2D eigenvalue weighted by Gasteiger charge is -2.27. The van der Waals surface area contributed by atoms with Crippen LogP contribution in [0.4, 0.5) is 0 Å². The minimum atomic E-state index is -0.118. The Kier molecular flexibility index (Phi) is 3.56. The summed E-state index contributed by atoms with van der Waals surface area (Å²) < 4.78 is 5.03. The summed E-state index contributed by atoms with van der Waals surface area (Å²) in [5, 5.41) is 16.7. The van der Waals surface area contributed by atoms with Crippen molar-refractivity contribution in [3.8, 4) is 0 Å². The quantitative estimate of drug-likeness (QED) is 0.783. The molecule has 1 aliphatic carbocycles. The number of aliphatic hydroxyl groups excluding tert-OH is 1. The monoisotopic (exact) mass is 225 g/mol. The van der Waals surface area contributed by atoms with E-state index in [4.69, 9.17) is 4.52 Å². The highest BCUT2D eigenvalue weighted by molar-refractivity contribution is 4.95. The Balaban J connectivity index is 1.90. The van der Waals surface area contributed by atoms with E-state index in [9.17, 15) is 5.11 Å². The van der Waals surface area contributed by atoms with Gasteiger partial charge in [-0.3, -0.25) is 0 Å². The van der Waals surface area contributed by atoms with E-state index in [2.05, 4.69) is 15.5 Å². The van der Waals surface area contributed by atoms with Crippen molar-refractivity contribution < 1.29 is 9.63 Å². The van der Waals surface area contributed by atoms with Gasteiger partial charge in [-0.1, -0.05) is 24.9 Å². The van der Waals surface area contributed by atoms with Crippen LogP contribution in [0.15, 0.2) is 4.52 Å². The van der Waals surface area contributed by atoms with Crippen molar-refractivity contribution in [1.82, 2.24) is 15.5 Å². The molecule has 2 rings (SSSR count). The van der Waals surface area contributed by atoms with Crippen LogP contribution in [0.5, 0.6) is 0 Å². The number of nitrogens with one attached hydrogen (secondary N) is 1. The highest BCUT2D eigenvalue weighted by Crippen LogP contribution is 2.29. The maximum Gasteiger partial charge on any atom is 0.226 e. The van der Waals surface area contributed by atoms with Gasteiger partial charge in [0.05, 0.1) is 13.2 Å². The van der Waals surface area contributed by atoms with E-state index in [0.29, 0.717) is 18.3 Å². The van der Waals surface area contributed by atoms with Gasteiger partial charge in [0.2, 0.25) is 5.89 Å². The molecule has 1 heterocycles. The van der Waals surface area contributed by atoms with Crippen LogP contribution in [0, 0.1) is 0 Å². The summed E-state index contributed by atoms with van der Waals surface area (Å²) in [6.07, 6.45) is 5.18. The molecule has 0 amide bonds. The maximum atomic E-state index is 9.42. The standard InChI is InChI=1S/C11H19N3O2/c1-2-10-13-9(14-16-10)7-12-11(8-15)5-3-4-6-11/h12,15H,2-8H2,1H3. The second kappa shape index (κ2) is 4.93. The van der Waals surface area contributed by atoms with E-state index in [-0.39, 0.29) is 12.1 Å². The Bertz CT molecular complexity index is 332. The molecule has 0 saturated heterocycles. The molecule has 5 nitrogen and oxygen atoms in total. The fourth-order valence-electron chi connectivity index (χ4n) is 2.21. The second-order valence-corrected chi connectivity index (χ2v) is 4.46.